The summed E-state index contributed by atoms with van der Waals surface area (Å²) in [5.74, 6) is 1.81. The molecule has 0 fully saturated rings. The first-order valence-electron chi connectivity index (χ1n) is 7.49. The number of hydrogen-bond acceptors (Lipinski definition) is 4. The number of aliphatic imine (C=N–C) groups is 1. The van der Waals surface area contributed by atoms with Crippen LogP contribution in [0.15, 0.2) is 40.4 Å². The molecule has 0 saturated heterocycles. The van der Waals surface area contributed by atoms with E-state index in [1.807, 2.05) is 37.4 Å². The number of nitrogens with one attached hydrogen (secondary N) is 2. The summed E-state index contributed by atoms with van der Waals surface area (Å²) in [6.45, 7) is 6.43. The Morgan fingerprint density at radius 2 is 2.04 bits per heavy atom. The summed E-state index contributed by atoms with van der Waals surface area (Å²) in [5, 5.41) is 8.46. The Kier molecular flexibility index (Phi) is 10.7. The van der Waals surface area contributed by atoms with E-state index in [0.29, 0.717) is 6.54 Å². The highest BCUT2D eigenvalue weighted by molar-refractivity contribution is 14.0. The first-order valence-corrected chi connectivity index (χ1v) is 9.67. The van der Waals surface area contributed by atoms with Crippen molar-refractivity contribution >= 4 is 64.6 Å². The quantitative estimate of drug-likeness (QED) is 0.194. The molecule has 8 heteroatoms. The Morgan fingerprint density at radius 1 is 1.29 bits per heavy atom. The van der Waals surface area contributed by atoms with Crippen LogP contribution in [-0.4, -0.2) is 29.8 Å². The lowest BCUT2D eigenvalue weighted by molar-refractivity contribution is 0.844. The lowest BCUT2D eigenvalue weighted by atomic mass is 10.4. The zero-order chi connectivity index (χ0) is 16.5. The van der Waals surface area contributed by atoms with Crippen molar-refractivity contribution in [2.75, 3.05) is 18.8 Å². The number of halogens is 2. The van der Waals surface area contributed by atoms with Crippen LogP contribution in [0.25, 0.3) is 0 Å². The number of aryl methyl sites for hydroxylation is 1. The molecule has 0 unspecified atom stereocenters. The first kappa shape index (κ1) is 21.5. The molecular formula is C16H22ClIN4S2. The van der Waals surface area contributed by atoms with Gasteiger partial charge in [-0.15, -0.1) is 47.1 Å². The smallest absolute Gasteiger partial charge is 0.191 e. The fourth-order valence-electron chi connectivity index (χ4n) is 1.85. The van der Waals surface area contributed by atoms with Gasteiger partial charge >= 0.3 is 0 Å². The third-order valence-electron chi connectivity index (χ3n) is 2.88. The summed E-state index contributed by atoms with van der Waals surface area (Å²) >= 11 is 9.37. The average Bonchev–Trinajstić information content (AvgIpc) is 2.96. The summed E-state index contributed by atoms with van der Waals surface area (Å²) in [6, 6.07) is 7.91. The molecule has 0 aliphatic carbocycles. The Labute approximate surface area is 173 Å². The van der Waals surface area contributed by atoms with Crippen LogP contribution in [0.1, 0.15) is 16.8 Å². The first-order chi connectivity index (χ1) is 11.2. The molecule has 1 aromatic carbocycles. The van der Waals surface area contributed by atoms with Crippen molar-refractivity contribution in [3.05, 3.63) is 45.4 Å². The van der Waals surface area contributed by atoms with Gasteiger partial charge in [-0.05, 0) is 38.1 Å². The van der Waals surface area contributed by atoms with Gasteiger partial charge in [-0.2, -0.15) is 0 Å². The second kappa shape index (κ2) is 11.9. The van der Waals surface area contributed by atoms with E-state index >= 15 is 0 Å². The van der Waals surface area contributed by atoms with Gasteiger partial charge in [0.15, 0.2) is 5.96 Å². The molecule has 4 nitrogen and oxygen atoms in total. The Hall–Kier alpha value is -0.510. The van der Waals surface area contributed by atoms with Crippen molar-refractivity contribution in [1.29, 1.82) is 0 Å². The molecule has 1 heterocycles. The van der Waals surface area contributed by atoms with Gasteiger partial charge in [-0.3, -0.25) is 0 Å². The minimum atomic E-state index is 0. The number of thiazole rings is 1. The maximum Gasteiger partial charge on any atom is 0.191 e. The normalized spacial score (nSPS) is 11.0. The van der Waals surface area contributed by atoms with E-state index in [2.05, 4.69) is 27.5 Å². The molecule has 0 aliphatic rings. The Balaban J connectivity index is 0.00000288. The van der Waals surface area contributed by atoms with Gasteiger partial charge in [-0.25, -0.2) is 9.98 Å². The highest BCUT2D eigenvalue weighted by Crippen LogP contribution is 2.19. The number of thioether (sulfide) groups is 1. The van der Waals surface area contributed by atoms with E-state index in [4.69, 9.17) is 11.6 Å². The summed E-state index contributed by atoms with van der Waals surface area (Å²) in [7, 11) is 0. The van der Waals surface area contributed by atoms with E-state index in [9.17, 15) is 0 Å². The molecule has 24 heavy (non-hydrogen) atoms. The predicted molar refractivity (Wildman–Crippen MR) is 117 cm³/mol. The largest absolute Gasteiger partial charge is 0.357 e. The number of rotatable bonds is 7. The molecule has 2 rings (SSSR count). The van der Waals surface area contributed by atoms with E-state index in [0.717, 1.165) is 34.8 Å². The molecule has 0 atom stereocenters. The van der Waals surface area contributed by atoms with Gasteiger partial charge < -0.3 is 10.6 Å². The van der Waals surface area contributed by atoms with Crippen molar-refractivity contribution in [3.63, 3.8) is 0 Å². The van der Waals surface area contributed by atoms with Crippen LogP contribution in [0.5, 0.6) is 0 Å². The SMILES string of the molecule is CCNC(=NCc1cnc(C)s1)NCCSc1ccc(Cl)cc1.I. The van der Waals surface area contributed by atoms with Crippen molar-refractivity contribution in [3.8, 4) is 0 Å². The Bertz CT molecular complexity index is 631. The van der Waals surface area contributed by atoms with Gasteiger partial charge in [0.05, 0.1) is 11.6 Å². The van der Waals surface area contributed by atoms with Crippen LogP contribution >= 0.6 is 58.7 Å². The molecule has 0 spiro atoms. The van der Waals surface area contributed by atoms with Crippen molar-refractivity contribution in [2.45, 2.75) is 25.3 Å². The molecule has 0 saturated carbocycles. The molecule has 1 aromatic heterocycles. The van der Waals surface area contributed by atoms with Crippen LogP contribution < -0.4 is 10.6 Å². The molecule has 2 aromatic rings. The molecule has 0 amide bonds. The minimum Gasteiger partial charge on any atom is -0.357 e. The maximum atomic E-state index is 5.89. The van der Waals surface area contributed by atoms with Crippen molar-refractivity contribution in [2.24, 2.45) is 4.99 Å². The van der Waals surface area contributed by atoms with Gasteiger partial charge in [0.1, 0.15) is 0 Å². The molecular weight excluding hydrogens is 475 g/mol. The van der Waals surface area contributed by atoms with E-state index in [1.165, 1.54) is 9.77 Å². The van der Waals surface area contributed by atoms with Crippen LogP contribution in [-0.2, 0) is 6.54 Å². The van der Waals surface area contributed by atoms with Crippen molar-refractivity contribution in [1.82, 2.24) is 15.6 Å². The van der Waals surface area contributed by atoms with Gasteiger partial charge in [0.2, 0.25) is 0 Å². The van der Waals surface area contributed by atoms with Crippen molar-refractivity contribution < 1.29 is 0 Å². The molecule has 0 radical (unpaired) electrons. The number of aromatic nitrogens is 1. The van der Waals surface area contributed by atoms with Crippen LogP contribution in [0, 0.1) is 6.92 Å². The van der Waals surface area contributed by atoms with Crippen LogP contribution in [0.3, 0.4) is 0 Å². The van der Waals surface area contributed by atoms with E-state index in [1.54, 1.807) is 23.1 Å². The Morgan fingerprint density at radius 3 is 2.67 bits per heavy atom. The predicted octanol–water partition coefficient (Wildman–Crippen LogP) is 4.57. The average molecular weight is 497 g/mol. The lowest BCUT2D eigenvalue weighted by Crippen LogP contribution is -2.38. The monoisotopic (exact) mass is 496 g/mol. The van der Waals surface area contributed by atoms with Gasteiger partial charge in [0.25, 0.3) is 0 Å². The third-order valence-corrected chi connectivity index (χ3v) is 5.05. The lowest BCUT2D eigenvalue weighted by Gasteiger charge is -2.10. The zero-order valence-corrected chi connectivity index (χ0v) is 18.4. The highest BCUT2D eigenvalue weighted by Gasteiger charge is 2.00. The van der Waals surface area contributed by atoms with Gasteiger partial charge in [0, 0.05) is 39.8 Å². The maximum absolute atomic E-state index is 5.89. The highest BCUT2D eigenvalue weighted by atomic mass is 127. The summed E-state index contributed by atoms with van der Waals surface area (Å²) in [4.78, 5) is 11.2. The molecule has 0 aliphatic heterocycles. The molecule has 2 N–H and O–H groups in total. The molecule has 132 valence electrons. The fraction of sp³-hybridized carbons (Fsp3) is 0.375. The fourth-order valence-corrected chi connectivity index (χ4v) is 3.46. The number of nitrogens with zero attached hydrogens (tertiary/aromatic N) is 2. The van der Waals surface area contributed by atoms with Crippen LogP contribution in [0.4, 0.5) is 0 Å². The number of benzene rings is 1. The second-order valence-electron chi connectivity index (χ2n) is 4.77. The molecule has 0 bridgehead atoms. The summed E-state index contributed by atoms with van der Waals surface area (Å²) < 4.78 is 0. The number of guanidine groups is 1. The topological polar surface area (TPSA) is 49.3 Å². The minimum absolute atomic E-state index is 0. The standard InChI is InChI=1S/C16H21ClN4S2.HI/c1-3-18-16(21-11-15-10-20-12(2)23-15)19-8-9-22-14-6-4-13(17)5-7-14;/h4-7,10H,3,8-9,11H2,1-2H3,(H2,18,19,21);1H. The van der Waals surface area contributed by atoms with Crippen LogP contribution in [0.2, 0.25) is 5.02 Å². The van der Waals surface area contributed by atoms with E-state index < -0.39 is 0 Å². The number of hydrogen-bond donors (Lipinski definition) is 2. The second-order valence-corrected chi connectivity index (χ2v) is 7.69. The van der Waals surface area contributed by atoms with E-state index in [-0.39, 0.29) is 24.0 Å². The summed E-state index contributed by atoms with van der Waals surface area (Å²) in [6.07, 6.45) is 1.89. The summed E-state index contributed by atoms with van der Waals surface area (Å²) in [5.41, 5.74) is 0. The third kappa shape index (κ3) is 8.04. The zero-order valence-electron chi connectivity index (χ0n) is 13.7. The van der Waals surface area contributed by atoms with Gasteiger partial charge in [-0.1, -0.05) is 11.6 Å².